The van der Waals surface area contributed by atoms with E-state index in [4.69, 9.17) is 16.3 Å². The first kappa shape index (κ1) is 11.0. The number of ether oxygens (including phenoxy) is 1. The number of aryl methyl sites for hydroxylation is 1. The molecule has 0 saturated heterocycles. The van der Waals surface area contributed by atoms with Gasteiger partial charge in [-0.2, -0.15) is 0 Å². The van der Waals surface area contributed by atoms with Gasteiger partial charge < -0.3 is 4.74 Å². The maximum atomic E-state index is 12.0. The zero-order valence-electron chi connectivity index (χ0n) is 8.22. The summed E-state index contributed by atoms with van der Waals surface area (Å²) in [7, 11) is 0. The Morgan fingerprint density at radius 3 is 3.00 bits per heavy atom. The highest BCUT2D eigenvalue weighted by molar-refractivity contribution is 9.10. The number of fused-ring (bicyclic) bond motifs is 1. The summed E-state index contributed by atoms with van der Waals surface area (Å²) in [5.74, 6) is 0.722. The molecule has 0 amide bonds. The third kappa shape index (κ3) is 2.04. The Kier molecular flexibility index (Phi) is 3.03. The van der Waals surface area contributed by atoms with Crippen LogP contribution in [0.4, 0.5) is 0 Å². The fourth-order valence-electron chi connectivity index (χ4n) is 1.67. The molecule has 15 heavy (non-hydrogen) atoms. The largest absolute Gasteiger partial charge is 0.492 e. The van der Waals surface area contributed by atoms with Crippen molar-refractivity contribution >= 4 is 33.3 Å². The number of carbonyl (C=O) groups is 1. The number of halogens is 2. The molecule has 1 heterocycles. The molecule has 0 bridgehead atoms. The predicted octanol–water partition coefficient (Wildman–Crippen LogP) is 3.38. The van der Waals surface area contributed by atoms with Crippen LogP contribution in [0.5, 0.6) is 5.75 Å². The van der Waals surface area contributed by atoms with E-state index in [0.717, 1.165) is 5.56 Å². The minimum atomic E-state index is -0.170. The molecule has 0 fully saturated rings. The van der Waals surface area contributed by atoms with E-state index in [1.54, 1.807) is 6.07 Å². The number of carbonyl (C=O) groups excluding carboxylic acids is 1. The van der Waals surface area contributed by atoms with Crippen molar-refractivity contribution in [2.24, 2.45) is 0 Å². The van der Waals surface area contributed by atoms with Crippen LogP contribution in [0.3, 0.4) is 0 Å². The third-order valence-electron chi connectivity index (χ3n) is 2.41. The van der Waals surface area contributed by atoms with Crippen molar-refractivity contribution in [3.63, 3.8) is 0 Å². The van der Waals surface area contributed by atoms with E-state index >= 15 is 0 Å². The van der Waals surface area contributed by atoms with Gasteiger partial charge in [0.05, 0.1) is 17.0 Å². The lowest BCUT2D eigenvalue weighted by atomic mass is 10.0. The van der Waals surface area contributed by atoms with Gasteiger partial charge in [0.25, 0.3) is 0 Å². The molecule has 1 atom stereocenters. The summed E-state index contributed by atoms with van der Waals surface area (Å²) in [6, 6.07) is 3.48. The summed E-state index contributed by atoms with van der Waals surface area (Å²) in [5.41, 5.74) is 1.49. The van der Waals surface area contributed by atoms with Gasteiger partial charge in [0, 0.05) is 11.4 Å². The Labute approximate surface area is 102 Å². The van der Waals surface area contributed by atoms with Gasteiger partial charge in [-0.25, -0.2) is 0 Å². The van der Waals surface area contributed by atoms with Crippen molar-refractivity contribution in [3.8, 4) is 5.75 Å². The molecule has 0 unspecified atom stereocenters. The van der Waals surface area contributed by atoms with E-state index in [1.807, 2.05) is 13.0 Å². The number of hydrogen-bond donors (Lipinski definition) is 0. The Balaban J connectivity index is 2.58. The molecule has 0 aliphatic carbocycles. The molecule has 1 aliphatic rings. The molecular weight excluding hydrogens is 279 g/mol. The van der Waals surface area contributed by atoms with Gasteiger partial charge in [0.15, 0.2) is 5.78 Å². The number of ketones is 1. The van der Waals surface area contributed by atoms with Crippen LogP contribution in [-0.4, -0.2) is 17.2 Å². The second-order valence-corrected chi connectivity index (χ2v) is 5.11. The zero-order chi connectivity index (χ0) is 11.0. The summed E-state index contributed by atoms with van der Waals surface area (Å²) in [5, 5.41) is 0.574. The van der Waals surface area contributed by atoms with Gasteiger partial charge >= 0.3 is 0 Å². The summed E-state index contributed by atoms with van der Waals surface area (Å²) in [6.45, 7) is 2.45. The molecule has 0 radical (unpaired) electrons. The molecule has 2 nitrogen and oxygen atoms in total. The highest BCUT2D eigenvalue weighted by Gasteiger charge is 2.25. The molecule has 1 aliphatic heterocycles. The number of benzene rings is 1. The molecule has 2 rings (SSSR count). The van der Waals surface area contributed by atoms with Crippen molar-refractivity contribution in [2.45, 2.75) is 18.2 Å². The molecule has 1 aromatic rings. The fraction of sp³-hybridized carbons (Fsp3) is 0.364. The molecule has 4 heteroatoms. The van der Waals surface area contributed by atoms with Crippen LogP contribution in [0, 0.1) is 6.92 Å². The van der Waals surface area contributed by atoms with Crippen molar-refractivity contribution < 1.29 is 9.53 Å². The van der Waals surface area contributed by atoms with Crippen molar-refractivity contribution in [3.05, 3.63) is 28.3 Å². The van der Waals surface area contributed by atoms with E-state index in [1.165, 1.54) is 0 Å². The summed E-state index contributed by atoms with van der Waals surface area (Å²) >= 11 is 9.28. The summed E-state index contributed by atoms with van der Waals surface area (Å²) < 4.78 is 5.57. The second kappa shape index (κ2) is 4.14. The number of rotatable bonds is 0. The SMILES string of the molecule is Cc1cc(Cl)cc2c1OCC[C@H](Br)C2=O. The quantitative estimate of drug-likeness (QED) is 0.685. The maximum absolute atomic E-state index is 12.0. The Morgan fingerprint density at radius 1 is 1.53 bits per heavy atom. The molecule has 0 aromatic heterocycles. The standard InChI is InChI=1S/C11H10BrClO2/c1-6-4-7(13)5-8-10(14)9(12)2-3-15-11(6)8/h4-5,9H,2-3H2,1H3/t9-/m0/s1. The highest BCUT2D eigenvalue weighted by Crippen LogP contribution is 2.32. The lowest BCUT2D eigenvalue weighted by Gasteiger charge is -2.09. The number of alkyl halides is 1. The van der Waals surface area contributed by atoms with Crippen molar-refractivity contribution in [2.75, 3.05) is 6.61 Å². The molecule has 0 saturated carbocycles. The van der Waals surface area contributed by atoms with Crippen LogP contribution < -0.4 is 4.74 Å². The molecular formula is C11H10BrClO2. The first-order chi connectivity index (χ1) is 7.09. The first-order valence-corrected chi connectivity index (χ1v) is 6.00. The maximum Gasteiger partial charge on any atom is 0.180 e. The molecule has 0 N–H and O–H groups in total. The monoisotopic (exact) mass is 288 g/mol. The van der Waals surface area contributed by atoms with Gasteiger partial charge in [-0.15, -0.1) is 0 Å². The van der Waals surface area contributed by atoms with Crippen LogP contribution in [-0.2, 0) is 0 Å². The van der Waals surface area contributed by atoms with E-state index in [0.29, 0.717) is 29.4 Å². The first-order valence-electron chi connectivity index (χ1n) is 4.71. The van der Waals surface area contributed by atoms with Crippen LogP contribution in [0.15, 0.2) is 12.1 Å². The molecule has 0 spiro atoms. The van der Waals surface area contributed by atoms with Crippen LogP contribution >= 0.6 is 27.5 Å². The highest BCUT2D eigenvalue weighted by atomic mass is 79.9. The van der Waals surface area contributed by atoms with E-state index < -0.39 is 0 Å². The van der Waals surface area contributed by atoms with Gasteiger partial charge in [0.1, 0.15) is 5.75 Å². The fourth-order valence-corrected chi connectivity index (χ4v) is 2.38. The molecule has 80 valence electrons. The van der Waals surface area contributed by atoms with Crippen LogP contribution in [0.2, 0.25) is 5.02 Å². The van der Waals surface area contributed by atoms with E-state index in [-0.39, 0.29) is 10.6 Å². The minimum Gasteiger partial charge on any atom is -0.492 e. The van der Waals surface area contributed by atoms with Gasteiger partial charge in [0.2, 0.25) is 0 Å². The van der Waals surface area contributed by atoms with Gasteiger partial charge in [-0.3, -0.25) is 4.79 Å². The van der Waals surface area contributed by atoms with E-state index in [9.17, 15) is 4.79 Å². The zero-order valence-corrected chi connectivity index (χ0v) is 10.6. The average molecular weight is 290 g/mol. The van der Waals surface area contributed by atoms with E-state index in [2.05, 4.69) is 15.9 Å². The average Bonchev–Trinajstić information content (AvgIpc) is 2.30. The minimum absolute atomic E-state index is 0.0492. The van der Waals surface area contributed by atoms with Gasteiger partial charge in [-0.05, 0) is 24.6 Å². The smallest absolute Gasteiger partial charge is 0.180 e. The summed E-state index contributed by atoms with van der Waals surface area (Å²) in [6.07, 6.45) is 0.685. The third-order valence-corrected chi connectivity index (χ3v) is 3.50. The van der Waals surface area contributed by atoms with Crippen molar-refractivity contribution in [1.82, 2.24) is 0 Å². The molecule has 1 aromatic carbocycles. The van der Waals surface area contributed by atoms with Crippen molar-refractivity contribution in [1.29, 1.82) is 0 Å². The summed E-state index contributed by atoms with van der Waals surface area (Å²) in [4.78, 5) is 11.8. The van der Waals surface area contributed by atoms with Crippen LogP contribution in [0.25, 0.3) is 0 Å². The van der Waals surface area contributed by atoms with Gasteiger partial charge in [-0.1, -0.05) is 27.5 Å². The Hall–Kier alpha value is -0.540. The number of hydrogen-bond acceptors (Lipinski definition) is 2. The Morgan fingerprint density at radius 2 is 2.27 bits per heavy atom. The van der Waals surface area contributed by atoms with Crippen LogP contribution in [0.1, 0.15) is 22.3 Å². The lowest BCUT2D eigenvalue weighted by Crippen LogP contribution is -2.13. The Bertz CT molecular complexity index is 417. The predicted molar refractivity (Wildman–Crippen MR) is 63.3 cm³/mol. The number of Topliss-reactive ketones (excluding diaryl/α,β-unsaturated/α-hetero) is 1. The second-order valence-electron chi connectivity index (χ2n) is 3.57. The topological polar surface area (TPSA) is 26.3 Å². The lowest BCUT2D eigenvalue weighted by molar-refractivity contribution is 0.0991. The normalized spacial score (nSPS) is 20.5.